The Morgan fingerprint density at radius 1 is 0.824 bits per heavy atom. The van der Waals surface area contributed by atoms with Gasteiger partial charge in [-0.1, -0.05) is 66.7 Å². The van der Waals surface area contributed by atoms with E-state index in [1.54, 1.807) is 6.08 Å². The first kappa shape index (κ1) is 11.6. The predicted molar refractivity (Wildman–Crippen MR) is 70.8 cm³/mol. The number of aliphatic hydroxyl groups excluding tert-OH is 1. The van der Waals surface area contributed by atoms with Crippen molar-refractivity contribution in [2.24, 2.45) is 0 Å². The molecule has 2 aromatic carbocycles. The van der Waals surface area contributed by atoms with Gasteiger partial charge in [0.05, 0.1) is 6.10 Å². The van der Waals surface area contributed by atoms with Crippen LogP contribution in [0.25, 0.3) is 0 Å². The molecule has 1 N–H and O–H groups in total. The average Bonchev–Trinajstić information content (AvgIpc) is 2.42. The van der Waals surface area contributed by atoms with E-state index in [1.807, 2.05) is 60.7 Å². The second-order valence-electron chi connectivity index (χ2n) is 4.03. The van der Waals surface area contributed by atoms with Gasteiger partial charge in [0.25, 0.3) is 0 Å². The van der Waals surface area contributed by atoms with Crippen LogP contribution < -0.4 is 0 Å². The van der Waals surface area contributed by atoms with Crippen LogP contribution in [0.4, 0.5) is 0 Å². The molecule has 0 fully saturated rings. The van der Waals surface area contributed by atoms with Crippen LogP contribution in [0, 0.1) is 0 Å². The molecule has 0 aliphatic carbocycles. The maximum Gasteiger partial charge on any atom is 0.0893 e. The number of rotatable bonds is 4. The first-order chi connectivity index (χ1) is 8.33. The average molecular weight is 224 g/mol. The molecule has 0 spiro atoms. The van der Waals surface area contributed by atoms with Crippen molar-refractivity contribution in [2.45, 2.75) is 12.0 Å². The third kappa shape index (κ3) is 2.63. The van der Waals surface area contributed by atoms with Crippen molar-refractivity contribution in [3.05, 3.63) is 84.4 Å². The molecule has 0 aliphatic heterocycles. The van der Waals surface area contributed by atoms with Gasteiger partial charge in [0.1, 0.15) is 0 Å². The molecule has 0 unspecified atom stereocenters. The molecule has 0 aliphatic rings. The summed E-state index contributed by atoms with van der Waals surface area (Å²) in [4.78, 5) is 0. The zero-order valence-electron chi connectivity index (χ0n) is 9.66. The SMILES string of the molecule is C=C[C@@H](c1ccccc1)[C@@H](O)c1ccccc1. The predicted octanol–water partition coefficient (Wildman–Crippen LogP) is 3.69. The Labute approximate surface area is 102 Å². The molecule has 0 bridgehead atoms. The van der Waals surface area contributed by atoms with E-state index in [0.29, 0.717) is 0 Å². The van der Waals surface area contributed by atoms with E-state index in [9.17, 15) is 5.11 Å². The van der Waals surface area contributed by atoms with Gasteiger partial charge in [-0.15, -0.1) is 6.58 Å². The van der Waals surface area contributed by atoms with E-state index in [2.05, 4.69) is 6.58 Å². The minimum Gasteiger partial charge on any atom is -0.387 e. The van der Waals surface area contributed by atoms with Crippen LogP contribution in [-0.4, -0.2) is 5.11 Å². The summed E-state index contributed by atoms with van der Waals surface area (Å²) < 4.78 is 0. The first-order valence-corrected chi connectivity index (χ1v) is 5.73. The van der Waals surface area contributed by atoms with Crippen LogP contribution in [0.2, 0.25) is 0 Å². The van der Waals surface area contributed by atoms with Gasteiger partial charge >= 0.3 is 0 Å². The second kappa shape index (κ2) is 5.46. The molecule has 17 heavy (non-hydrogen) atoms. The van der Waals surface area contributed by atoms with E-state index in [4.69, 9.17) is 0 Å². The molecule has 1 heteroatoms. The lowest BCUT2D eigenvalue weighted by Crippen LogP contribution is -2.08. The molecule has 0 saturated heterocycles. The lowest BCUT2D eigenvalue weighted by Gasteiger charge is -2.20. The Balaban J connectivity index is 2.28. The quantitative estimate of drug-likeness (QED) is 0.785. The van der Waals surface area contributed by atoms with Gasteiger partial charge < -0.3 is 5.11 Å². The van der Waals surface area contributed by atoms with Gasteiger partial charge in [-0.05, 0) is 11.1 Å². The highest BCUT2D eigenvalue weighted by atomic mass is 16.3. The summed E-state index contributed by atoms with van der Waals surface area (Å²) in [7, 11) is 0. The fourth-order valence-corrected chi connectivity index (χ4v) is 1.98. The summed E-state index contributed by atoms with van der Waals surface area (Å²) in [6.45, 7) is 3.82. The Hall–Kier alpha value is -1.86. The van der Waals surface area contributed by atoms with Crippen molar-refractivity contribution < 1.29 is 5.11 Å². The maximum absolute atomic E-state index is 10.4. The Morgan fingerprint density at radius 3 is 1.76 bits per heavy atom. The van der Waals surface area contributed by atoms with E-state index < -0.39 is 6.10 Å². The van der Waals surface area contributed by atoms with Crippen LogP contribution in [0.15, 0.2) is 73.3 Å². The van der Waals surface area contributed by atoms with Gasteiger partial charge in [-0.25, -0.2) is 0 Å². The fourth-order valence-electron chi connectivity index (χ4n) is 1.98. The molecule has 0 aromatic heterocycles. The van der Waals surface area contributed by atoms with Gasteiger partial charge in [0.2, 0.25) is 0 Å². The lowest BCUT2D eigenvalue weighted by molar-refractivity contribution is 0.162. The highest BCUT2D eigenvalue weighted by molar-refractivity contribution is 5.29. The summed E-state index contributed by atoms with van der Waals surface area (Å²) >= 11 is 0. The van der Waals surface area contributed by atoms with Crippen LogP contribution in [0.5, 0.6) is 0 Å². The smallest absolute Gasteiger partial charge is 0.0893 e. The van der Waals surface area contributed by atoms with Crippen LogP contribution in [0.1, 0.15) is 23.1 Å². The van der Waals surface area contributed by atoms with Crippen molar-refractivity contribution in [3.63, 3.8) is 0 Å². The third-order valence-corrected chi connectivity index (χ3v) is 2.92. The molecule has 1 nitrogen and oxygen atoms in total. The molecule has 2 atom stereocenters. The van der Waals surface area contributed by atoms with Gasteiger partial charge in [0.15, 0.2) is 0 Å². The summed E-state index contributed by atoms with van der Waals surface area (Å²) in [5.41, 5.74) is 2.00. The Morgan fingerprint density at radius 2 is 1.29 bits per heavy atom. The Bertz CT molecular complexity index is 461. The number of aliphatic hydroxyl groups is 1. The minimum atomic E-state index is -0.545. The van der Waals surface area contributed by atoms with Gasteiger partial charge in [-0.2, -0.15) is 0 Å². The van der Waals surface area contributed by atoms with Gasteiger partial charge in [0, 0.05) is 5.92 Å². The largest absolute Gasteiger partial charge is 0.387 e. The maximum atomic E-state index is 10.4. The zero-order valence-corrected chi connectivity index (χ0v) is 9.66. The van der Waals surface area contributed by atoms with E-state index >= 15 is 0 Å². The summed E-state index contributed by atoms with van der Waals surface area (Å²) in [5, 5.41) is 10.4. The summed E-state index contributed by atoms with van der Waals surface area (Å²) in [5.74, 6) is -0.0707. The molecule has 0 heterocycles. The zero-order chi connectivity index (χ0) is 12.1. The number of hydrogen-bond acceptors (Lipinski definition) is 1. The van der Waals surface area contributed by atoms with Crippen molar-refractivity contribution in [2.75, 3.05) is 0 Å². The molecule has 0 radical (unpaired) electrons. The molecular weight excluding hydrogens is 208 g/mol. The van der Waals surface area contributed by atoms with Crippen LogP contribution in [-0.2, 0) is 0 Å². The van der Waals surface area contributed by atoms with Gasteiger partial charge in [-0.3, -0.25) is 0 Å². The van der Waals surface area contributed by atoms with Crippen molar-refractivity contribution in [3.8, 4) is 0 Å². The Kier molecular flexibility index (Phi) is 3.73. The van der Waals surface area contributed by atoms with Crippen molar-refractivity contribution >= 4 is 0 Å². The molecular formula is C16H16O. The second-order valence-corrected chi connectivity index (χ2v) is 4.03. The fraction of sp³-hybridized carbons (Fsp3) is 0.125. The topological polar surface area (TPSA) is 20.2 Å². The minimum absolute atomic E-state index is 0.0707. The molecule has 0 amide bonds. The normalized spacial score (nSPS) is 13.9. The molecule has 2 aromatic rings. The summed E-state index contributed by atoms with van der Waals surface area (Å²) in [6, 6.07) is 19.6. The standard InChI is InChI=1S/C16H16O/c1-2-15(13-9-5-3-6-10-13)16(17)14-11-7-4-8-12-14/h2-12,15-17H,1H2/t15-,16-/m0/s1. The van der Waals surface area contributed by atoms with Crippen LogP contribution >= 0.6 is 0 Å². The highest BCUT2D eigenvalue weighted by Crippen LogP contribution is 2.31. The monoisotopic (exact) mass is 224 g/mol. The van der Waals surface area contributed by atoms with Crippen LogP contribution in [0.3, 0.4) is 0 Å². The first-order valence-electron chi connectivity index (χ1n) is 5.73. The third-order valence-electron chi connectivity index (χ3n) is 2.92. The van der Waals surface area contributed by atoms with E-state index in [1.165, 1.54) is 0 Å². The summed E-state index contributed by atoms with van der Waals surface area (Å²) in [6.07, 6.45) is 1.25. The molecule has 0 saturated carbocycles. The van der Waals surface area contributed by atoms with Crippen molar-refractivity contribution in [1.29, 1.82) is 0 Å². The number of benzene rings is 2. The molecule has 86 valence electrons. The molecule has 2 rings (SSSR count). The van der Waals surface area contributed by atoms with Crippen molar-refractivity contribution in [1.82, 2.24) is 0 Å². The van der Waals surface area contributed by atoms with E-state index in [0.717, 1.165) is 11.1 Å². The lowest BCUT2D eigenvalue weighted by atomic mass is 9.89. The highest BCUT2D eigenvalue weighted by Gasteiger charge is 2.19. The number of hydrogen-bond donors (Lipinski definition) is 1. The van der Waals surface area contributed by atoms with E-state index in [-0.39, 0.29) is 5.92 Å².